The van der Waals surface area contributed by atoms with E-state index < -0.39 is 5.54 Å². The number of esters is 1. The summed E-state index contributed by atoms with van der Waals surface area (Å²) in [5, 5.41) is 0. The molecule has 2 N–H and O–H groups in total. The second kappa shape index (κ2) is 4.93. The zero-order chi connectivity index (χ0) is 9.61. The van der Waals surface area contributed by atoms with Crippen LogP contribution in [-0.4, -0.2) is 18.1 Å². The standard InChI is InChI=1S/C9H17NO2/c1-4-6-9(3,10)7-8(11)12-5-2/h4H,1,5-7,10H2,2-3H3. The SMILES string of the molecule is C=CCC(C)(N)CC(=O)OCC. The van der Waals surface area contributed by atoms with Crippen molar-refractivity contribution in [3.63, 3.8) is 0 Å². The smallest absolute Gasteiger partial charge is 0.307 e. The molecule has 0 fully saturated rings. The zero-order valence-corrected chi connectivity index (χ0v) is 7.80. The highest BCUT2D eigenvalue weighted by molar-refractivity contribution is 5.70. The van der Waals surface area contributed by atoms with Gasteiger partial charge in [-0.1, -0.05) is 6.08 Å². The van der Waals surface area contributed by atoms with Crippen molar-refractivity contribution < 1.29 is 9.53 Å². The molecule has 0 radical (unpaired) electrons. The maximum absolute atomic E-state index is 11.0. The van der Waals surface area contributed by atoms with Gasteiger partial charge in [-0.25, -0.2) is 0 Å². The number of hydrogen-bond acceptors (Lipinski definition) is 3. The van der Waals surface area contributed by atoms with E-state index >= 15 is 0 Å². The van der Waals surface area contributed by atoms with Crippen LogP contribution < -0.4 is 5.73 Å². The van der Waals surface area contributed by atoms with Crippen molar-refractivity contribution in [1.29, 1.82) is 0 Å². The van der Waals surface area contributed by atoms with Gasteiger partial charge < -0.3 is 10.5 Å². The number of nitrogens with two attached hydrogens (primary N) is 1. The van der Waals surface area contributed by atoms with Crippen LogP contribution >= 0.6 is 0 Å². The minimum atomic E-state index is -0.520. The largest absolute Gasteiger partial charge is 0.466 e. The molecule has 0 heterocycles. The van der Waals surface area contributed by atoms with E-state index in [4.69, 9.17) is 10.5 Å². The molecule has 0 aromatic carbocycles. The van der Waals surface area contributed by atoms with Gasteiger partial charge in [-0.3, -0.25) is 4.79 Å². The average Bonchev–Trinajstić information content (AvgIpc) is 1.85. The van der Waals surface area contributed by atoms with E-state index in [0.717, 1.165) is 0 Å². The Morgan fingerprint density at radius 3 is 2.75 bits per heavy atom. The number of rotatable bonds is 5. The summed E-state index contributed by atoms with van der Waals surface area (Å²) >= 11 is 0. The molecule has 0 aliphatic rings. The van der Waals surface area contributed by atoms with Gasteiger partial charge in [0.1, 0.15) is 0 Å². The van der Waals surface area contributed by atoms with Gasteiger partial charge in [0.15, 0.2) is 0 Å². The third kappa shape index (κ3) is 4.91. The van der Waals surface area contributed by atoms with Crippen LogP contribution in [0.3, 0.4) is 0 Å². The number of carbonyl (C=O) groups excluding carboxylic acids is 1. The molecule has 12 heavy (non-hydrogen) atoms. The van der Waals surface area contributed by atoms with Gasteiger partial charge in [0, 0.05) is 5.54 Å². The van der Waals surface area contributed by atoms with Crippen LogP contribution in [0.15, 0.2) is 12.7 Å². The molecule has 0 amide bonds. The maximum Gasteiger partial charge on any atom is 0.307 e. The fourth-order valence-corrected chi connectivity index (χ4v) is 0.944. The zero-order valence-electron chi connectivity index (χ0n) is 7.80. The van der Waals surface area contributed by atoms with Gasteiger partial charge >= 0.3 is 5.97 Å². The molecule has 0 spiro atoms. The highest BCUT2D eigenvalue weighted by Gasteiger charge is 2.21. The quantitative estimate of drug-likeness (QED) is 0.500. The highest BCUT2D eigenvalue weighted by atomic mass is 16.5. The van der Waals surface area contributed by atoms with Crippen molar-refractivity contribution in [3.8, 4) is 0 Å². The minimum Gasteiger partial charge on any atom is -0.466 e. The lowest BCUT2D eigenvalue weighted by molar-refractivity contribution is -0.144. The molecular weight excluding hydrogens is 154 g/mol. The van der Waals surface area contributed by atoms with Crippen molar-refractivity contribution in [3.05, 3.63) is 12.7 Å². The molecule has 1 atom stereocenters. The molecular formula is C9H17NO2. The van der Waals surface area contributed by atoms with Crippen molar-refractivity contribution in [2.45, 2.75) is 32.2 Å². The topological polar surface area (TPSA) is 52.3 Å². The highest BCUT2D eigenvalue weighted by Crippen LogP contribution is 2.11. The summed E-state index contributed by atoms with van der Waals surface area (Å²) in [6.07, 6.45) is 2.57. The first-order chi connectivity index (χ1) is 5.52. The number of hydrogen-bond donors (Lipinski definition) is 1. The minimum absolute atomic E-state index is 0.243. The monoisotopic (exact) mass is 171 g/mol. The van der Waals surface area contributed by atoms with E-state index in [-0.39, 0.29) is 12.4 Å². The van der Waals surface area contributed by atoms with Crippen LogP contribution in [0.5, 0.6) is 0 Å². The van der Waals surface area contributed by atoms with Crippen molar-refractivity contribution in [1.82, 2.24) is 0 Å². The molecule has 0 aliphatic carbocycles. The van der Waals surface area contributed by atoms with Crippen molar-refractivity contribution in [2.75, 3.05) is 6.61 Å². The summed E-state index contributed by atoms with van der Waals surface area (Å²) in [6.45, 7) is 7.56. The summed E-state index contributed by atoms with van der Waals surface area (Å²) in [7, 11) is 0. The predicted molar refractivity (Wildman–Crippen MR) is 48.7 cm³/mol. The molecule has 3 heteroatoms. The molecule has 0 rings (SSSR count). The lowest BCUT2D eigenvalue weighted by atomic mass is 9.95. The molecule has 0 aromatic heterocycles. The first kappa shape index (κ1) is 11.2. The second-order valence-corrected chi connectivity index (χ2v) is 3.13. The third-order valence-electron chi connectivity index (χ3n) is 1.46. The second-order valence-electron chi connectivity index (χ2n) is 3.13. The average molecular weight is 171 g/mol. The predicted octanol–water partition coefficient (Wildman–Crippen LogP) is 1.23. The van der Waals surface area contributed by atoms with E-state index in [0.29, 0.717) is 13.0 Å². The Morgan fingerprint density at radius 1 is 1.75 bits per heavy atom. The number of ether oxygens (including phenoxy) is 1. The van der Waals surface area contributed by atoms with Crippen LogP contribution in [0.2, 0.25) is 0 Å². The van der Waals surface area contributed by atoms with Crippen LogP contribution in [0, 0.1) is 0 Å². The van der Waals surface area contributed by atoms with E-state index in [2.05, 4.69) is 6.58 Å². The molecule has 0 aromatic rings. The van der Waals surface area contributed by atoms with Gasteiger partial charge in [0.25, 0.3) is 0 Å². The normalized spacial score (nSPS) is 14.9. The van der Waals surface area contributed by atoms with Gasteiger partial charge in [-0.05, 0) is 20.3 Å². The Balaban J connectivity index is 3.87. The van der Waals surface area contributed by atoms with Gasteiger partial charge in [0.2, 0.25) is 0 Å². The lowest BCUT2D eigenvalue weighted by Crippen LogP contribution is -2.38. The van der Waals surface area contributed by atoms with Gasteiger partial charge in [-0.15, -0.1) is 6.58 Å². The summed E-state index contributed by atoms with van der Waals surface area (Å²) in [5.41, 5.74) is 5.27. The van der Waals surface area contributed by atoms with Crippen LogP contribution in [0.1, 0.15) is 26.7 Å². The van der Waals surface area contributed by atoms with E-state index in [9.17, 15) is 4.79 Å². The van der Waals surface area contributed by atoms with Gasteiger partial charge in [-0.2, -0.15) is 0 Å². The molecule has 70 valence electrons. The molecule has 0 bridgehead atoms. The molecule has 0 aliphatic heterocycles. The van der Waals surface area contributed by atoms with E-state index in [1.54, 1.807) is 13.0 Å². The first-order valence-corrected chi connectivity index (χ1v) is 4.07. The Hall–Kier alpha value is -0.830. The van der Waals surface area contributed by atoms with Crippen LogP contribution in [0.25, 0.3) is 0 Å². The Kier molecular flexibility index (Phi) is 4.59. The molecule has 0 saturated carbocycles. The van der Waals surface area contributed by atoms with E-state index in [1.165, 1.54) is 0 Å². The van der Waals surface area contributed by atoms with Gasteiger partial charge in [0.05, 0.1) is 13.0 Å². The maximum atomic E-state index is 11.0. The lowest BCUT2D eigenvalue weighted by Gasteiger charge is -2.21. The summed E-state index contributed by atoms with van der Waals surface area (Å²) in [4.78, 5) is 11.0. The Labute approximate surface area is 73.6 Å². The van der Waals surface area contributed by atoms with Crippen LogP contribution in [0.4, 0.5) is 0 Å². The summed E-state index contributed by atoms with van der Waals surface area (Å²) in [5.74, 6) is -0.246. The molecule has 3 nitrogen and oxygen atoms in total. The fraction of sp³-hybridized carbons (Fsp3) is 0.667. The van der Waals surface area contributed by atoms with Crippen molar-refractivity contribution in [2.24, 2.45) is 5.73 Å². The van der Waals surface area contributed by atoms with Crippen molar-refractivity contribution >= 4 is 5.97 Å². The Bertz CT molecular complexity index is 164. The Morgan fingerprint density at radius 2 is 2.33 bits per heavy atom. The third-order valence-corrected chi connectivity index (χ3v) is 1.46. The summed E-state index contributed by atoms with van der Waals surface area (Å²) < 4.78 is 4.77. The van der Waals surface area contributed by atoms with Crippen LogP contribution in [-0.2, 0) is 9.53 Å². The fourth-order valence-electron chi connectivity index (χ4n) is 0.944. The summed E-state index contributed by atoms with van der Waals surface area (Å²) in [6, 6.07) is 0. The van der Waals surface area contributed by atoms with E-state index in [1.807, 2.05) is 6.92 Å². The first-order valence-electron chi connectivity index (χ1n) is 4.07. The molecule has 0 saturated heterocycles. The number of carbonyl (C=O) groups is 1. The molecule has 1 unspecified atom stereocenters.